The van der Waals surface area contributed by atoms with Crippen LogP contribution in [0.4, 0.5) is 5.82 Å². The molecule has 2 aliphatic heterocycles. The summed E-state index contributed by atoms with van der Waals surface area (Å²) < 4.78 is 44.3. The Bertz CT molecular complexity index is 1430. The molecule has 1 amide bonds. The number of hydrogen-bond donors (Lipinski definition) is 2. The van der Waals surface area contributed by atoms with Crippen molar-refractivity contribution in [2.24, 2.45) is 0 Å². The van der Waals surface area contributed by atoms with Gasteiger partial charge in [-0.05, 0) is 67.6 Å². The van der Waals surface area contributed by atoms with Gasteiger partial charge in [0, 0.05) is 18.7 Å². The monoisotopic (exact) mass is 521 g/mol. The maximum atomic E-state index is 13.3. The fraction of sp³-hybridized carbons (Fsp3) is 0.333. The van der Waals surface area contributed by atoms with Crippen molar-refractivity contribution in [2.45, 2.75) is 42.1 Å². The van der Waals surface area contributed by atoms with Crippen LogP contribution in [0.1, 0.15) is 31.2 Å². The summed E-state index contributed by atoms with van der Waals surface area (Å²) in [6.07, 6.45) is 3.23. The number of rotatable bonds is 8. The molecule has 1 aromatic heterocycles. The van der Waals surface area contributed by atoms with Crippen molar-refractivity contribution in [3.8, 4) is 22.8 Å². The van der Waals surface area contributed by atoms with Crippen molar-refractivity contribution in [1.82, 2.24) is 9.71 Å². The van der Waals surface area contributed by atoms with Crippen molar-refractivity contribution < 1.29 is 27.4 Å². The molecule has 3 aliphatic rings. The highest BCUT2D eigenvalue weighted by Crippen LogP contribution is 2.51. The average Bonchev–Trinajstić information content (AvgIpc) is 3.31. The van der Waals surface area contributed by atoms with Crippen molar-refractivity contribution in [2.75, 3.05) is 25.3 Å². The SMILES string of the molecule is O=C(Nc1cccc(-c2ccc(S(=O)(=O)NCC3CCCO3)cc2)n1)C1(c2ccc3c(c2)OCO3)CC1. The lowest BCUT2D eigenvalue weighted by atomic mass is 9.94. The van der Waals surface area contributed by atoms with E-state index in [2.05, 4.69) is 15.0 Å². The van der Waals surface area contributed by atoms with Crippen molar-refractivity contribution in [1.29, 1.82) is 0 Å². The lowest BCUT2D eigenvalue weighted by Crippen LogP contribution is -2.31. The number of carbonyl (C=O) groups excluding carboxylic acids is 1. The van der Waals surface area contributed by atoms with Crippen LogP contribution in [0, 0.1) is 0 Å². The van der Waals surface area contributed by atoms with Gasteiger partial charge < -0.3 is 19.5 Å². The van der Waals surface area contributed by atoms with Gasteiger partial charge in [-0.1, -0.05) is 24.3 Å². The van der Waals surface area contributed by atoms with Gasteiger partial charge in [0.1, 0.15) is 5.82 Å². The lowest BCUT2D eigenvalue weighted by molar-refractivity contribution is -0.118. The molecule has 3 heterocycles. The third kappa shape index (κ3) is 4.79. The van der Waals surface area contributed by atoms with Crippen LogP contribution in [-0.4, -0.2) is 45.4 Å². The summed E-state index contributed by atoms with van der Waals surface area (Å²) in [5.74, 6) is 1.66. The molecule has 3 aromatic rings. The molecule has 37 heavy (non-hydrogen) atoms. The molecule has 10 heteroatoms. The summed E-state index contributed by atoms with van der Waals surface area (Å²) in [6, 6.07) is 17.5. The lowest BCUT2D eigenvalue weighted by Gasteiger charge is -2.16. The summed E-state index contributed by atoms with van der Waals surface area (Å²) >= 11 is 0. The van der Waals surface area contributed by atoms with E-state index >= 15 is 0 Å². The highest BCUT2D eigenvalue weighted by atomic mass is 32.2. The second kappa shape index (κ2) is 9.44. The molecule has 9 nitrogen and oxygen atoms in total. The fourth-order valence-corrected chi connectivity index (χ4v) is 5.83. The van der Waals surface area contributed by atoms with E-state index in [9.17, 15) is 13.2 Å². The Balaban J connectivity index is 1.14. The summed E-state index contributed by atoms with van der Waals surface area (Å²) in [5, 5.41) is 2.96. The van der Waals surface area contributed by atoms with Gasteiger partial charge in [0.2, 0.25) is 22.7 Å². The van der Waals surface area contributed by atoms with E-state index in [1.165, 1.54) is 0 Å². The summed E-state index contributed by atoms with van der Waals surface area (Å²) in [6.45, 7) is 1.13. The molecule has 0 bridgehead atoms. The quantitative estimate of drug-likeness (QED) is 0.465. The molecule has 2 aromatic carbocycles. The van der Waals surface area contributed by atoms with Crippen molar-refractivity contribution in [3.05, 3.63) is 66.2 Å². The van der Waals surface area contributed by atoms with Gasteiger partial charge in [-0.2, -0.15) is 0 Å². The molecule has 192 valence electrons. The van der Waals surface area contributed by atoms with Crippen molar-refractivity contribution in [3.63, 3.8) is 0 Å². The number of nitrogens with one attached hydrogen (secondary N) is 2. The van der Waals surface area contributed by atoms with Crippen LogP contribution in [0.25, 0.3) is 11.3 Å². The zero-order chi connectivity index (χ0) is 25.5. The van der Waals surface area contributed by atoms with Gasteiger partial charge >= 0.3 is 0 Å². The van der Waals surface area contributed by atoms with Crippen LogP contribution in [0.15, 0.2) is 65.6 Å². The van der Waals surface area contributed by atoms with Crippen LogP contribution in [0.2, 0.25) is 0 Å². The van der Waals surface area contributed by atoms with Gasteiger partial charge in [0.25, 0.3) is 0 Å². The summed E-state index contributed by atoms with van der Waals surface area (Å²) in [4.78, 5) is 18.0. The van der Waals surface area contributed by atoms with E-state index in [1.807, 2.05) is 30.3 Å². The molecule has 2 fully saturated rings. The third-order valence-electron chi connectivity index (χ3n) is 7.09. The van der Waals surface area contributed by atoms with Gasteiger partial charge in [0.05, 0.1) is 22.1 Å². The van der Waals surface area contributed by atoms with Gasteiger partial charge in [0.15, 0.2) is 11.5 Å². The number of carbonyl (C=O) groups is 1. The molecular formula is C27H27N3O6S. The molecular weight excluding hydrogens is 494 g/mol. The first-order valence-corrected chi connectivity index (χ1v) is 13.8. The maximum Gasteiger partial charge on any atom is 0.240 e. The molecule has 2 N–H and O–H groups in total. The predicted octanol–water partition coefficient (Wildman–Crippen LogP) is 3.60. The van der Waals surface area contributed by atoms with E-state index in [4.69, 9.17) is 14.2 Å². The van der Waals surface area contributed by atoms with Gasteiger partial charge in [-0.15, -0.1) is 0 Å². The summed E-state index contributed by atoms with van der Waals surface area (Å²) in [7, 11) is -3.63. The molecule has 0 radical (unpaired) electrons. The topological polar surface area (TPSA) is 116 Å². The molecule has 1 unspecified atom stereocenters. The first kappa shape index (κ1) is 23.9. The number of amides is 1. The zero-order valence-electron chi connectivity index (χ0n) is 20.1. The van der Waals surface area contributed by atoms with Gasteiger partial charge in [-0.3, -0.25) is 4.79 Å². The summed E-state index contributed by atoms with van der Waals surface area (Å²) in [5.41, 5.74) is 1.66. The van der Waals surface area contributed by atoms with Crippen LogP contribution >= 0.6 is 0 Å². The number of aromatic nitrogens is 1. The number of sulfonamides is 1. The Morgan fingerprint density at radius 2 is 1.84 bits per heavy atom. The minimum atomic E-state index is -3.63. The second-order valence-corrected chi connectivity index (χ2v) is 11.3. The Morgan fingerprint density at radius 3 is 2.59 bits per heavy atom. The number of pyridine rings is 1. The van der Waals surface area contributed by atoms with Crippen LogP contribution in [0.3, 0.4) is 0 Å². The number of fused-ring (bicyclic) bond motifs is 1. The highest BCUT2D eigenvalue weighted by molar-refractivity contribution is 7.89. The minimum absolute atomic E-state index is 0.0731. The number of ether oxygens (including phenoxy) is 3. The normalized spacial score (nSPS) is 19.5. The van der Waals surface area contributed by atoms with Crippen molar-refractivity contribution >= 4 is 21.7 Å². The minimum Gasteiger partial charge on any atom is -0.454 e. The highest BCUT2D eigenvalue weighted by Gasteiger charge is 2.51. The number of nitrogens with zero attached hydrogens (tertiary/aromatic N) is 1. The molecule has 1 saturated carbocycles. The van der Waals surface area contributed by atoms with Crippen LogP contribution in [-0.2, 0) is 25.0 Å². The molecule has 1 saturated heterocycles. The largest absolute Gasteiger partial charge is 0.454 e. The Morgan fingerprint density at radius 1 is 1.03 bits per heavy atom. The Kier molecular flexibility index (Phi) is 6.10. The molecule has 1 aliphatic carbocycles. The van der Waals surface area contributed by atoms with Gasteiger partial charge in [-0.25, -0.2) is 18.1 Å². The molecule has 1 atom stereocenters. The molecule has 6 rings (SSSR count). The van der Waals surface area contributed by atoms with E-state index in [-0.39, 0.29) is 30.2 Å². The van der Waals surface area contributed by atoms with E-state index in [0.29, 0.717) is 29.6 Å². The fourth-order valence-electron chi connectivity index (χ4n) is 4.76. The standard InChI is InChI=1S/C27H27N3O6S/c31-26(27(12-13-27)19-8-11-23-24(15-19)36-17-35-23)30-25-5-1-4-22(29-25)18-6-9-21(10-7-18)37(32,33)28-16-20-3-2-14-34-20/h1,4-11,15,20,28H,2-3,12-14,16-17H2,(H,29,30,31). The second-order valence-electron chi connectivity index (χ2n) is 9.52. The Labute approximate surface area is 215 Å². The Hall–Kier alpha value is -3.47. The van der Waals surface area contributed by atoms with E-state index in [0.717, 1.165) is 36.8 Å². The first-order valence-electron chi connectivity index (χ1n) is 12.3. The van der Waals surface area contributed by atoms with Crippen LogP contribution < -0.4 is 19.5 Å². The third-order valence-corrected chi connectivity index (χ3v) is 8.53. The van der Waals surface area contributed by atoms with E-state index < -0.39 is 15.4 Å². The predicted molar refractivity (Wildman–Crippen MR) is 136 cm³/mol. The smallest absolute Gasteiger partial charge is 0.240 e. The number of hydrogen-bond acceptors (Lipinski definition) is 7. The maximum absolute atomic E-state index is 13.3. The zero-order valence-corrected chi connectivity index (χ0v) is 20.9. The molecule has 0 spiro atoms. The average molecular weight is 522 g/mol. The number of anilines is 1. The first-order chi connectivity index (χ1) is 17.9. The van der Waals surface area contributed by atoms with Crippen LogP contribution in [0.5, 0.6) is 11.5 Å². The van der Waals surface area contributed by atoms with E-state index in [1.54, 1.807) is 30.3 Å². The number of benzene rings is 2.